The van der Waals surface area contributed by atoms with Gasteiger partial charge in [0.2, 0.25) is 0 Å². The summed E-state index contributed by atoms with van der Waals surface area (Å²) >= 11 is 4.72. The SMILES string of the molecule is N#C/C(C(N)=S)=C(/N)N1CCCC1. The Morgan fingerprint density at radius 3 is 2.23 bits per heavy atom. The first-order valence-electron chi connectivity index (χ1n) is 4.11. The fourth-order valence-corrected chi connectivity index (χ4v) is 1.50. The van der Waals surface area contributed by atoms with E-state index in [1.54, 1.807) is 0 Å². The normalized spacial score (nSPS) is 17.9. The molecule has 0 aliphatic carbocycles. The number of hydrogen-bond donors (Lipinski definition) is 2. The van der Waals surface area contributed by atoms with Crippen LogP contribution in [0.4, 0.5) is 0 Å². The van der Waals surface area contributed by atoms with Crippen LogP contribution in [0.3, 0.4) is 0 Å². The molecule has 4 nitrogen and oxygen atoms in total. The Morgan fingerprint density at radius 1 is 1.31 bits per heavy atom. The van der Waals surface area contributed by atoms with E-state index in [1.807, 2.05) is 11.0 Å². The summed E-state index contributed by atoms with van der Waals surface area (Å²) in [6, 6.07) is 1.92. The molecule has 1 aliphatic rings. The quantitative estimate of drug-likeness (QED) is 0.371. The highest BCUT2D eigenvalue weighted by Gasteiger charge is 2.17. The molecule has 1 aliphatic heterocycles. The van der Waals surface area contributed by atoms with Crippen molar-refractivity contribution in [1.82, 2.24) is 4.90 Å². The van der Waals surface area contributed by atoms with E-state index >= 15 is 0 Å². The molecule has 70 valence electrons. The standard InChI is InChI=1S/C8H12N4S/c9-5-6(8(11)13)7(10)12-3-1-2-4-12/h1-4,10H2,(H2,11,13)/b7-6+. The predicted octanol–water partition coefficient (Wildman–Crippen LogP) is 0.0622. The summed E-state index contributed by atoms with van der Waals surface area (Å²) in [5.41, 5.74) is 11.3. The van der Waals surface area contributed by atoms with Crippen molar-refractivity contribution in [2.75, 3.05) is 13.1 Å². The monoisotopic (exact) mass is 196 g/mol. The van der Waals surface area contributed by atoms with Gasteiger partial charge >= 0.3 is 0 Å². The Morgan fingerprint density at radius 2 is 1.85 bits per heavy atom. The van der Waals surface area contributed by atoms with Crippen molar-refractivity contribution in [2.24, 2.45) is 11.5 Å². The number of nitriles is 1. The molecule has 0 aromatic rings. The molecule has 5 heteroatoms. The van der Waals surface area contributed by atoms with Crippen LogP contribution in [0.5, 0.6) is 0 Å². The maximum atomic E-state index is 8.75. The molecule has 0 saturated carbocycles. The van der Waals surface area contributed by atoms with Crippen molar-refractivity contribution in [3.63, 3.8) is 0 Å². The molecule has 1 fully saturated rings. The fourth-order valence-electron chi connectivity index (χ4n) is 1.35. The van der Waals surface area contributed by atoms with Gasteiger partial charge in [0.15, 0.2) is 0 Å². The highest BCUT2D eigenvalue weighted by atomic mass is 32.1. The molecule has 13 heavy (non-hydrogen) atoms. The molecule has 0 spiro atoms. The number of thiocarbonyl (C=S) groups is 1. The first-order chi connectivity index (χ1) is 6.16. The zero-order valence-corrected chi connectivity index (χ0v) is 8.10. The Balaban J connectivity index is 2.87. The minimum Gasteiger partial charge on any atom is -0.389 e. The van der Waals surface area contributed by atoms with Gasteiger partial charge in [-0.1, -0.05) is 12.2 Å². The van der Waals surface area contributed by atoms with Crippen LogP contribution in [0.15, 0.2) is 11.4 Å². The zero-order chi connectivity index (χ0) is 9.84. The van der Waals surface area contributed by atoms with Crippen LogP contribution in [-0.2, 0) is 0 Å². The van der Waals surface area contributed by atoms with Gasteiger partial charge in [-0.3, -0.25) is 0 Å². The molecular weight excluding hydrogens is 184 g/mol. The summed E-state index contributed by atoms with van der Waals surface area (Å²) in [5, 5.41) is 8.75. The van der Waals surface area contributed by atoms with Crippen LogP contribution < -0.4 is 11.5 Å². The lowest BCUT2D eigenvalue weighted by Gasteiger charge is -2.18. The highest BCUT2D eigenvalue weighted by Crippen LogP contribution is 2.13. The third-order valence-corrected chi connectivity index (χ3v) is 2.27. The molecule has 1 heterocycles. The largest absolute Gasteiger partial charge is 0.389 e. The van der Waals surface area contributed by atoms with Crippen LogP contribution in [0.1, 0.15) is 12.8 Å². The Kier molecular flexibility index (Phi) is 3.09. The molecule has 1 saturated heterocycles. The average Bonchev–Trinajstić information content (AvgIpc) is 2.56. The smallest absolute Gasteiger partial charge is 0.126 e. The maximum absolute atomic E-state index is 8.75. The van der Waals surface area contributed by atoms with Gasteiger partial charge in [0.1, 0.15) is 22.5 Å². The van der Waals surface area contributed by atoms with Crippen LogP contribution in [-0.4, -0.2) is 23.0 Å². The molecular formula is C8H12N4S. The zero-order valence-electron chi connectivity index (χ0n) is 7.29. The lowest BCUT2D eigenvalue weighted by molar-refractivity contribution is 0.420. The molecule has 0 aromatic heterocycles. The van der Waals surface area contributed by atoms with Crippen molar-refractivity contribution in [3.05, 3.63) is 11.4 Å². The second-order valence-corrected chi connectivity index (χ2v) is 3.37. The Bertz CT molecular complexity index is 283. The molecule has 0 unspecified atom stereocenters. The van der Waals surface area contributed by atoms with Gasteiger partial charge < -0.3 is 16.4 Å². The van der Waals surface area contributed by atoms with E-state index in [1.165, 1.54) is 0 Å². The molecule has 0 radical (unpaired) electrons. The molecule has 0 aromatic carbocycles. The van der Waals surface area contributed by atoms with E-state index < -0.39 is 0 Å². The first-order valence-corrected chi connectivity index (χ1v) is 4.52. The van der Waals surface area contributed by atoms with Gasteiger partial charge in [0, 0.05) is 13.1 Å². The lowest BCUT2D eigenvalue weighted by atomic mass is 10.3. The Hall–Kier alpha value is -1.28. The van der Waals surface area contributed by atoms with E-state index in [0.29, 0.717) is 5.82 Å². The summed E-state index contributed by atoms with van der Waals surface area (Å²) in [5.74, 6) is 0.424. The van der Waals surface area contributed by atoms with E-state index in [9.17, 15) is 0 Å². The minimum atomic E-state index is 0.0758. The number of hydrogen-bond acceptors (Lipinski definition) is 4. The van der Waals surface area contributed by atoms with Crippen LogP contribution >= 0.6 is 12.2 Å². The van der Waals surface area contributed by atoms with Gasteiger partial charge in [-0.2, -0.15) is 5.26 Å². The minimum absolute atomic E-state index is 0.0758. The summed E-state index contributed by atoms with van der Waals surface area (Å²) in [6.45, 7) is 1.78. The van der Waals surface area contributed by atoms with Crippen molar-refractivity contribution in [1.29, 1.82) is 5.26 Å². The number of nitrogens with zero attached hydrogens (tertiary/aromatic N) is 2. The van der Waals surface area contributed by atoms with Crippen LogP contribution in [0, 0.1) is 11.3 Å². The average molecular weight is 196 g/mol. The summed E-state index contributed by atoms with van der Waals surface area (Å²) < 4.78 is 0. The van der Waals surface area contributed by atoms with E-state index in [2.05, 4.69) is 0 Å². The first kappa shape index (κ1) is 9.81. The van der Waals surface area contributed by atoms with Crippen LogP contribution in [0.25, 0.3) is 0 Å². The van der Waals surface area contributed by atoms with Gasteiger partial charge in [-0.15, -0.1) is 0 Å². The fraction of sp³-hybridized carbons (Fsp3) is 0.500. The molecule has 0 amide bonds. The van der Waals surface area contributed by atoms with Gasteiger partial charge in [-0.25, -0.2) is 0 Å². The van der Waals surface area contributed by atoms with Gasteiger partial charge in [0.25, 0.3) is 0 Å². The van der Waals surface area contributed by atoms with Crippen molar-refractivity contribution in [2.45, 2.75) is 12.8 Å². The lowest BCUT2D eigenvalue weighted by Crippen LogP contribution is -2.29. The summed E-state index contributed by atoms with van der Waals surface area (Å²) in [6.07, 6.45) is 2.22. The second-order valence-electron chi connectivity index (χ2n) is 2.93. The number of rotatable bonds is 2. The third-order valence-electron chi connectivity index (χ3n) is 2.06. The summed E-state index contributed by atoms with van der Waals surface area (Å²) in [7, 11) is 0. The van der Waals surface area contributed by atoms with E-state index in [4.69, 9.17) is 28.9 Å². The van der Waals surface area contributed by atoms with E-state index in [-0.39, 0.29) is 10.6 Å². The van der Waals surface area contributed by atoms with Crippen molar-refractivity contribution < 1.29 is 0 Å². The van der Waals surface area contributed by atoms with Gasteiger partial charge in [0.05, 0.1) is 0 Å². The number of likely N-dealkylation sites (tertiary alicyclic amines) is 1. The topological polar surface area (TPSA) is 79.1 Å². The maximum Gasteiger partial charge on any atom is 0.126 e. The molecule has 0 atom stereocenters. The van der Waals surface area contributed by atoms with Crippen molar-refractivity contribution in [3.8, 4) is 6.07 Å². The molecule has 4 N–H and O–H groups in total. The van der Waals surface area contributed by atoms with Crippen LogP contribution in [0.2, 0.25) is 0 Å². The highest BCUT2D eigenvalue weighted by molar-refractivity contribution is 7.80. The summed E-state index contributed by atoms with van der Waals surface area (Å²) in [4.78, 5) is 2.02. The number of nitrogens with two attached hydrogens (primary N) is 2. The third kappa shape index (κ3) is 2.10. The predicted molar refractivity (Wildman–Crippen MR) is 54.4 cm³/mol. The van der Waals surface area contributed by atoms with Crippen molar-refractivity contribution >= 4 is 17.2 Å². The second kappa shape index (κ2) is 4.10. The molecule has 1 rings (SSSR count). The van der Waals surface area contributed by atoms with Gasteiger partial charge in [-0.05, 0) is 12.8 Å². The Labute approximate surface area is 82.8 Å². The molecule has 0 bridgehead atoms. The van der Waals surface area contributed by atoms with E-state index in [0.717, 1.165) is 25.9 Å².